The highest BCUT2D eigenvalue weighted by Gasteiger charge is 2.40. The zero-order chi connectivity index (χ0) is 16.4. The van der Waals surface area contributed by atoms with Crippen LogP contribution in [-0.2, 0) is 4.79 Å². The van der Waals surface area contributed by atoms with Crippen LogP contribution in [0, 0.1) is 17.1 Å². The van der Waals surface area contributed by atoms with Crippen molar-refractivity contribution in [1.29, 1.82) is 5.26 Å². The van der Waals surface area contributed by atoms with E-state index in [1.54, 1.807) is 6.07 Å². The van der Waals surface area contributed by atoms with Crippen LogP contribution in [-0.4, -0.2) is 36.0 Å². The van der Waals surface area contributed by atoms with E-state index in [4.69, 9.17) is 0 Å². The predicted molar refractivity (Wildman–Crippen MR) is 86.5 cm³/mol. The van der Waals surface area contributed by atoms with Gasteiger partial charge in [0.25, 0.3) is 0 Å². The summed E-state index contributed by atoms with van der Waals surface area (Å²) in [6.07, 6.45) is 4.53. The zero-order valence-electron chi connectivity index (χ0n) is 13.5. The summed E-state index contributed by atoms with van der Waals surface area (Å²) in [7, 11) is 0. The lowest BCUT2D eigenvalue weighted by Gasteiger charge is -2.36. The molecule has 2 aliphatic heterocycles. The maximum absolute atomic E-state index is 14.0. The van der Waals surface area contributed by atoms with Crippen LogP contribution >= 0.6 is 0 Å². The summed E-state index contributed by atoms with van der Waals surface area (Å²) in [6.45, 7) is 3.52. The first-order chi connectivity index (χ1) is 11.2. The first kappa shape index (κ1) is 15.8. The molecule has 122 valence electrons. The van der Waals surface area contributed by atoms with E-state index in [0.717, 1.165) is 38.8 Å². The van der Waals surface area contributed by atoms with Crippen molar-refractivity contribution in [3.63, 3.8) is 0 Å². The van der Waals surface area contributed by atoms with E-state index in [2.05, 4.69) is 4.90 Å². The normalized spacial score (nSPS) is 24.0. The molecule has 0 spiro atoms. The third-order valence-corrected chi connectivity index (χ3v) is 5.08. The van der Waals surface area contributed by atoms with Gasteiger partial charge in [0, 0.05) is 25.6 Å². The second-order valence-electron chi connectivity index (χ2n) is 6.30. The first-order valence-corrected chi connectivity index (χ1v) is 8.42. The van der Waals surface area contributed by atoms with Crippen LogP contribution in [0.25, 0.3) is 0 Å². The summed E-state index contributed by atoms with van der Waals surface area (Å²) in [5.74, 6) is -0.275. The van der Waals surface area contributed by atoms with E-state index >= 15 is 0 Å². The van der Waals surface area contributed by atoms with Gasteiger partial charge in [-0.1, -0.05) is 13.0 Å². The highest BCUT2D eigenvalue weighted by Crippen LogP contribution is 2.35. The highest BCUT2D eigenvalue weighted by atomic mass is 19.1. The molecule has 2 saturated heterocycles. The van der Waals surface area contributed by atoms with Crippen molar-refractivity contribution < 1.29 is 9.18 Å². The number of nitriles is 1. The molecule has 0 bridgehead atoms. The Bertz CT molecular complexity index is 640. The Balaban J connectivity index is 1.91. The van der Waals surface area contributed by atoms with Gasteiger partial charge in [0.2, 0.25) is 5.91 Å². The largest absolute Gasteiger partial charge is 0.365 e. The van der Waals surface area contributed by atoms with Crippen LogP contribution < -0.4 is 4.90 Å². The minimum absolute atomic E-state index is 0.116. The molecule has 23 heavy (non-hydrogen) atoms. The van der Waals surface area contributed by atoms with Crippen LogP contribution in [0.5, 0.6) is 0 Å². The lowest BCUT2D eigenvalue weighted by molar-refractivity contribution is -0.132. The summed E-state index contributed by atoms with van der Waals surface area (Å²) in [6, 6.07) is 7.17. The molecule has 0 unspecified atom stereocenters. The summed E-state index contributed by atoms with van der Waals surface area (Å²) >= 11 is 0. The van der Waals surface area contributed by atoms with Gasteiger partial charge in [-0.2, -0.15) is 5.26 Å². The Morgan fingerprint density at radius 1 is 1.30 bits per heavy atom. The molecule has 2 atom stereocenters. The molecule has 0 N–H and O–H groups in total. The fraction of sp³-hybridized carbons (Fsp3) is 0.556. The van der Waals surface area contributed by atoms with Gasteiger partial charge in [0.05, 0.1) is 11.7 Å². The quantitative estimate of drug-likeness (QED) is 0.861. The minimum atomic E-state index is -0.469. The molecule has 4 nitrogen and oxygen atoms in total. The Labute approximate surface area is 136 Å². The molecule has 1 aromatic rings. The molecule has 1 amide bonds. The Morgan fingerprint density at radius 2 is 2.04 bits per heavy atom. The molecule has 1 aromatic carbocycles. The fourth-order valence-electron chi connectivity index (χ4n) is 4.06. The SMILES string of the molecule is CCC(=O)N1CCC[C@H]1[C@H]1CCCN1c1cccc(F)c1C#N. The number of hydrogen-bond donors (Lipinski definition) is 0. The second-order valence-corrected chi connectivity index (χ2v) is 6.30. The summed E-state index contributed by atoms with van der Waals surface area (Å²) in [5, 5.41) is 9.31. The standard InChI is InChI=1S/C18H22FN3O/c1-2-18(23)22-11-5-9-17(22)16-8-4-10-21(16)15-7-3-6-14(19)13(15)12-20/h3,6-7,16-17H,2,4-5,8-11H2,1H3/t16-,17+/m1/s1. The number of halogens is 1. The summed E-state index contributed by atoms with van der Waals surface area (Å²) < 4.78 is 14.0. The smallest absolute Gasteiger partial charge is 0.222 e. The van der Waals surface area contributed by atoms with E-state index in [1.165, 1.54) is 6.07 Å². The molecule has 0 radical (unpaired) electrons. The lowest BCUT2D eigenvalue weighted by atomic mass is 10.0. The van der Waals surface area contributed by atoms with Gasteiger partial charge >= 0.3 is 0 Å². The van der Waals surface area contributed by atoms with E-state index in [1.807, 2.05) is 24.0 Å². The van der Waals surface area contributed by atoms with Gasteiger partial charge in [-0.15, -0.1) is 0 Å². The van der Waals surface area contributed by atoms with E-state index in [0.29, 0.717) is 12.1 Å². The molecule has 2 fully saturated rings. The first-order valence-electron chi connectivity index (χ1n) is 8.42. The van der Waals surface area contributed by atoms with Crippen molar-refractivity contribution >= 4 is 11.6 Å². The fourth-order valence-corrected chi connectivity index (χ4v) is 4.06. The molecule has 5 heteroatoms. The van der Waals surface area contributed by atoms with Crippen molar-refractivity contribution in [1.82, 2.24) is 4.90 Å². The highest BCUT2D eigenvalue weighted by molar-refractivity contribution is 5.76. The van der Waals surface area contributed by atoms with Gasteiger partial charge in [-0.05, 0) is 37.8 Å². The molecular formula is C18H22FN3O. The van der Waals surface area contributed by atoms with Crippen LogP contribution in [0.4, 0.5) is 10.1 Å². The molecule has 2 heterocycles. The molecule has 2 aliphatic rings. The number of carbonyl (C=O) groups excluding carboxylic acids is 1. The molecular weight excluding hydrogens is 293 g/mol. The lowest BCUT2D eigenvalue weighted by Crippen LogP contribution is -2.48. The van der Waals surface area contributed by atoms with Crippen LogP contribution in [0.3, 0.4) is 0 Å². The maximum atomic E-state index is 14.0. The number of amides is 1. The Hall–Kier alpha value is -2.09. The number of nitrogens with zero attached hydrogens (tertiary/aromatic N) is 3. The number of anilines is 1. The predicted octanol–water partition coefficient (Wildman–Crippen LogP) is 3.07. The van der Waals surface area contributed by atoms with Crippen LogP contribution in [0.2, 0.25) is 0 Å². The van der Waals surface area contributed by atoms with Gasteiger partial charge in [0.1, 0.15) is 17.4 Å². The number of carbonyl (C=O) groups is 1. The van der Waals surface area contributed by atoms with Crippen molar-refractivity contribution in [2.24, 2.45) is 0 Å². The third kappa shape index (κ3) is 2.78. The molecule has 0 aromatic heterocycles. The van der Waals surface area contributed by atoms with Gasteiger partial charge in [-0.25, -0.2) is 4.39 Å². The average Bonchev–Trinajstić information content (AvgIpc) is 3.22. The van der Waals surface area contributed by atoms with Crippen molar-refractivity contribution in [3.8, 4) is 6.07 Å². The van der Waals surface area contributed by atoms with Crippen molar-refractivity contribution in [2.75, 3.05) is 18.0 Å². The summed E-state index contributed by atoms with van der Waals surface area (Å²) in [5.41, 5.74) is 0.788. The number of likely N-dealkylation sites (tertiary alicyclic amines) is 1. The number of benzene rings is 1. The third-order valence-electron chi connectivity index (χ3n) is 5.08. The Kier molecular flexibility index (Phi) is 4.51. The van der Waals surface area contributed by atoms with Gasteiger partial charge < -0.3 is 9.80 Å². The number of rotatable bonds is 3. The minimum Gasteiger partial charge on any atom is -0.365 e. The van der Waals surface area contributed by atoms with Gasteiger partial charge in [0.15, 0.2) is 0 Å². The van der Waals surface area contributed by atoms with E-state index in [-0.39, 0.29) is 23.6 Å². The van der Waals surface area contributed by atoms with Crippen LogP contribution in [0.15, 0.2) is 18.2 Å². The molecule has 0 aliphatic carbocycles. The monoisotopic (exact) mass is 315 g/mol. The molecule has 3 rings (SSSR count). The van der Waals surface area contributed by atoms with E-state index < -0.39 is 5.82 Å². The summed E-state index contributed by atoms with van der Waals surface area (Å²) in [4.78, 5) is 16.3. The van der Waals surface area contributed by atoms with Crippen LogP contribution in [0.1, 0.15) is 44.6 Å². The van der Waals surface area contributed by atoms with Gasteiger partial charge in [-0.3, -0.25) is 4.79 Å². The van der Waals surface area contributed by atoms with E-state index in [9.17, 15) is 14.4 Å². The zero-order valence-corrected chi connectivity index (χ0v) is 13.5. The topological polar surface area (TPSA) is 47.3 Å². The van der Waals surface area contributed by atoms with Crippen molar-refractivity contribution in [2.45, 2.75) is 51.1 Å². The average molecular weight is 315 g/mol. The second kappa shape index (κ2) is 6.57. The number of hydrogen-bond acceptors (Lipinski definition) is 3. The molecule has 0 saturated carbocycles. The Morgan fingerprint density at radius 3 is 2.78 bits per heavy atom. The maximum Gasteiger partial charge on any atom is 0.222 e. The van der Waals surface area contributed by atoms with Crippen molar-refractivity contribution in [3.05, 3.63) is 29.6 Å².